The van der Waals surface area contributed by atoms with Crippen molar-refractivity contribution in [1.29, 1.82) is 0 Å². The second-order valence-electron chi connectivity index (χ2n) is 4.71. The van der Waals surface area contributed by atoms with Crippen LogP contribution in [0.4, 0.5) is 0 Å². The minimum absolute atomic E-state index is 0.224. The van der Waals surface area contributed by atoms with Crippen LogP contribution in [0, 0.1) is 0 Å². The summed E-state index contributed by atoms with van der Waals surface area (Å²) >= 11 is 0. The first-order valence-corrected chi connectivity index (χ1v) is 8.29. The van der Waals surface area contributed by atoms with Crippen molar-refractivity contribution in [3.63, 3.8) is 0 Å². The van der Waals surface area contributed by atoms with E-state index in [9.17, 15) is 8.42 Å². The highest BCUT2D eigenvalue weighted by Gasteiger charge is 2.15. The number of hydrogen-bond acceptors (Lipinski definition) is 4. The third-order valence-corrected chi connectivity index (χ3v) is 4.17. The van der Waals surface area contributed by atoms with Gasteiger partial charge in [0.2, 0.25) is 0 Å². The van der Waals surface area contributed by atoms with Gasteiger partial charge in [-0.05, 0) is 24.3 Å². The van der Waals surface area contributed by atoms with E-state index in [0.717, 1.165) is 5.75 Å². The molecule has 108 valence electrons. The number of H-pyrrole nitrogens is 1. The zero-order valence-electron chi connectivity index (χ0n) is 11.4. The first kappa shape index (κ1) is 13.6. The molecule has 0 aliphatic heterocycles. The second kappa shape index (κ2) is 5.21. The van der Waals surface area contributed by atoms with Crippen LogP contribution >= 0.6 is 0 Å². The molecule has 0 amide bonds. The molecule has 0 fully saturated rings. The van der Waals surface area contributed by atoms with Crippen LogP contribution in [0.2, 0.25) is 0 Å². The van der Waals surface area contributed by atoms with Gasteiger partial charge in [-0.2, -0.15) is 0 Å². The third kappa shape index (κ3) is 2.90. The van der Waals surface area contributed by atoms with Gasteiger partial charge in [-0.25, -0.2) is 13.4 Å². The van der Waals surface area contributed by atoms with E-state index < -0.39 is 9.84 Å². The summed E-state index contributed by atoms with van der Waals surface area (Å²) in [6.07, 6.45) is 1.18. The van der Waals surface area contributed by atoms with E-state index in [4.69, 9.17) is 4.74 Å². The van der Waals surface area contributed by atoms with Gasteiger partial charge in [0.15, 0.2) is 9.84 Å². The molecule has 2 aromatic carbocycles. The molecular formula is C15H14N2O3S. The van der Waals surface area contributed by atoms with E-state index in [-0.39, 0.29) is 11.5 Å². The number of fused-ring (bicyclic) bond motifs is 1. The Hall–Kier alpha value is -2.34. The van der Waals surface area contributed by atoms with E-state index in [0.29, 0.717) is 16.9 Å². The molecule has 0 spiro atoms. The standard InChI is InChI=1S/C15H14N2O3S/c1-21(18,19)13-9-5-8-12-15(13)17-14(16-12)10-20-11-6-3-2-4-7-11/h2-9H,10H2,1H3,(H,16,17). The predicted molar refractivity (Wildman–Crippen MR) is 80.0 cm³/mol. The summed E-state index contributed by atoms with van der Waals surface area (Å²) in [5.74, 6) is 1.33. The molecule has 6 heteroatoms. The largest absolute Gasteiger partial charge is 0.486 e. The van der Waals surface area contributed by atoms with Crippen LogP contribution in [-0.4, -0.2) is 24.6 Å². The van der Waals surface area contributed by atoms with Crippen molar-refractivity contribution in [3.05, 3.63) is 54.4 Å². The van der Waals surface area contributed by atoms with Crippen LogP contribution in [0.25, 0.3) is 11.0 Å². The number of imidazole rings is 1. The number of para-hydroxylation sites is 2. The van der Waals surface area contributed by atoms with Crippen molar-refractivity contribution in [2.24, 2.45) is 0 Å². The Labute approximate surface area is 122 Å². The zero-order valence-corrected chi connectivity index (χ0v) is 12.2. The summed E-state index contributed by atoms with van der Waals surface area (Å²) in [6.45, 7) is 0.252. The zero-order chi connectivity index (χ0) is 14.9. The molecule has 3 rings (SSSR count). The number of benzene rings is 2. The molecule has 0 unspecified atom stereocenters. The highest BCUT2D eigenvalue weighted by atomic mass is 32.2. The molecule has 0 aliphatic rings. The van der Waals surface area contributed by atoms with E-state index >= 15 is 0 Å². The lowest BCUT2D eigenvalue weighted by molar-refractivity contribution is 0.297. The number of sulfone groups is 1. The normalized spacial score (nSPS) is 11.7. The second-order valence-corrected chi connectivity index (χ2v) is 6.69. The van der Waals surface area contributed by atoms with Crippen molar-refractivity contribution < 1.29 is 13.2 Å². The van der Waals surface area contributed by atoms with Crippen molar-refractivity contribution >= 4 is 20.9 Å². The lowest BCUT2D eigenvalue weighted by atomic mass is 10.3. The Morgan fingerprint density at radius 1 is 1.10 bits per heavy atom. The minimum Gasteiger partial charge on any atom is -0.486 e. The average Bonchev–Trinajstić information content (AvgIpc) is 2.87. The van der Waals surface area contributed by atoms with E-state index in [2.05, 4.69) is 9.97 Å². The van der Waals surface area contributed by atoms with Crippen molar-refractivity contribution in [2.45, 2.75) is 11.5 Å². The molecule has 1 N–H and O–H groups in total. The molecule has 21 heavy (non-hydrogen) atoms. The minimum atomic E-state index is -3.31. The number of aromatic amines is 1. The molecule has 5 nitrogen and oxygen atoms in total. The average molecular weight is 302 g/mol. The van der Waals surface area contributed by atoms with Crippen LogP contribution < -0.4 is 4.74 Å². The van der Waals surface area contributed by atoms with Crippen LogP contribution in [0.15, 0.2) is 53.4 Å². The first-order valence-electron chi connectivity index (χ1n) is 6.39. The number of rotatable bonds is 4. The molecule has 0 bridgehead atoms. The molecular weight excluding hydrogens is 288 g/mol. The number of hydrogen-bond donors (Lipinski definition) is 1. The quantitative estimate of drug-likeness (QED) is 0.804. The van der Waals surface area contributed by atoms with E-state index in [1.165, 1.54) is 6.26 Å². The summed E-state index contributed by atoms with van der Waals surface area (Å²) in [5, 5.41) is 0. The third-order valence-electron chi connectivity index (χ3n) is 3.04. The molecule has 0 atom stereocenters. The summed E-state index contributed by atoms with van der Waals surface area (Å²) in [6, 6.07) is 14.4. The SMILES string of the molecule is CS(=O)(=O)c1cccc2[nH]c(COc3ccccc3)nc12. The fourth-order valence-electron chi connectivity index (χ4n) is 2.09. The summed E-state index contributed by atoms with van der Waals surface area (Å²) in [7, 11) is -3.31. The van der Waals surface area contributed by atoms with E-state index in [1.807, 2.05) is 30.3 Å². The summed E-state index contributed by atoms with van der Waals surface area (Å²) in [4.78, 5) is 7.64. The van der Waals surface area contributed by atoms with Crippen molar-refractivity contribution in [3.8, 4) is 5.75 Å². The van der Waals surface area contributed by atoms with Gasteiger partial charge >= 0.3 is 0 Å². The molecule has 3 aromatic rings. The summed E-state index contributed by atoms with van der Waals surface area (Å²) in [5.41, 5.74) is 1.14. The topological polar surface area (TPSA) is 72.0 Å². The smallest absolute Gasteiger partial charge is 0.177 e. The van der Waals surface area contributed by atoms with Gasteiger partial charge in [0.05, 0.1) is 10.4 Å². The number of nitrogens with zero attached hydrogens (tertiary/aromatic N) is 1. The van der Waals surface area contributed by atoms with Crippen molar-refractivity contribution in [2.75, 3.05) is 6.26 Å². The monoisotopic (exact) mass is 302 g/mol. The van der Waals surface area contributed by atoms with Crippen LogP contribution in [-0.2, 0) is 16.4 Å². The fourth-order valence-corrected chi connectivity index (χ4v) is 2.93. The number of ether oxygens (including phenoxy) is 1. The lowest BCUT2D eigenvalue weighted by Gasteiger charge is -2.02. The molecule has 0 saturated carbocycles. The Morgan fingerprint density at radius 3 is 2.57 bits per heavy atom. The molecule has 0 saturated heterocycles. The predicted octanol–water partition coefficient (Wildman–Crippen LogP) is 2.55. The fraction of sp³-hybridized carbons (Fsp3) is 0.133. The van der Waals surface area contributed by atoms with Gasteiger partial charge in [-0.3, -0.25) is 0 Å². The maximum atomic E-state index is 11.8. The highest BCUT2D eigenvalue weighted by molar-refractivity contribution is 7.91. The Kier molecular flexibility index (Phi) is 3.39. The van der Waals surface area contributed by atoms with Gasteiger partial charge in [0.25, 0.3) is 0 Å². The van der Waals surface area contributed by atoms with Crippen LogP contribution in [0.1, 0.15) is 5.82 Å². The maximum Gasteiger partial charge on any atom is 0.177 e. The Bertz CT molecular complexity index is 870. The van der Waals surface area contributed by atoms with Crippen LogP contribution in [0.5, 0.6) is 5.75 Å². The molecule has 1 heterocycles. The molecule has 1 aromatic heterocycles. The number of nitrogens with one attached hydrogen (secondary N) is 1. The van der Waals surface area contributed by atoms with Gasteiger partial charge in [0.1, 0.15) is 23.7 Å². The van der Waals surface area contributed by atoms with E-state index in [1.54, 1.807) is 18.2 Å². The Morgan fingerprint density at radius 2 is 1.86 bits per heavy atom. The maximum absolute atomic E-state index is 11.8. The van der Waals surface area contributed by atoms with Crippen LogP contribution in [0.3, 0.4) is 0 Å². The first-order chi connectivity index (χ1) is 10.0. The highest BCUT2D eigenvalue weighted by Crippen LogP contribution is 2.21. The molecule has 0 radical (unpaired) electrons. The lowest BCUT2D eigenvalue weighted by Crippen LogP contribution is -1.99. The van der Waals surface area contributed by atoms with Gasteiger partial charge in [-0.15, -0.1) is 0 Å². The number of aromatic nitrogens is 2. The molecule has 0 aliphatic carbocycles. The summed E-state index contributed by atoms with van der Waals surface area (Å²) < 4.78 is 29.1. The Balaban J connectivity index is 1.91. The van der Waals surface area contributed by atoms with Gasteiger partial charge in [0, 0.05) is 6.26 Å². The van der Waals surface area contributed by atoms with Gasteiger partial charge < -0.3 is 9.72 Å². The van der Waals surface area contributed by atoms with Crippen molar-refractivity contribution in [1.82, 2.24) is 9.97 Å². The van der Waals surface area contributed by atoms with Gasteiger partial charge in [-0.1, -0.05) is 24.3 Å².